The van der Waals surface area contributed by atoms with Crippen LogP contribution in [0.3, 0.4) is 0 Å². The normalized spacial score (nSPS) is 30.0. The molecule has 2 saturated heterocycles. The molecule has 4 atom stereocenters. The number of amides is 2. The zero-order chi connectivity index (χ0) is 21.4. The van der Waals surface area contributed by atoms with E-state index < -0.39 is 6.10 Å². The van der Waals surface area contributed by atoms with Crippen LogP contribution in [-0.4, -0.2) is 59.8 Å². The Kier molecular flexibility index (Phi) is 5.89. The molecule has 0 radical (unpaired) electrons. The summed E-state index contributed by atoms with van der Waals surface area (Å²) < 4.78 is 12.2. The van der Waals surface area contributed by atoms with E-state index >= 15 is 0 Å². The van der Waals surface area contributed by atoms with Gasteiger partial charge in [-0.2, -0.15) is 0 Å². The van der Waals surface area contributed by atoms with Gasteiger partial charge >= 0.3 is 0 Å². The Morgan fingerprint density at radius 3 is 2.65 bits per heavy atom. The van der Waals surface area contributed by atoms with E-state index in [1.54, 1.807) is 0 Å². The highest BCUT2D eigenvalue weighted by Crippen LogP contribution is 2.47. The minimum atomic E-state index is -0.460. The third-order valence-corrected chi connectivity index (χ3v) is 7.35. The molecule has 1 aromatic carbocycles. The summed E-state index contributed by atoms with van der Waals surface area (Å²) in [6, 6.07) is 5.77. The Labute approximate surface area is 183 Å². The molecule has 3 aliphatic heterocycles. The smallest absolute Gasteiger partial charge is 0.227 e. The number of carbonyl (C=O) groups is 2. The molecule has 0 spiro atoms. The molecule has 31 heavy (non-hydrogen) atoms. The summed E-state index contributed by atoms with van der Waals surface area (Å²) in [4.78, 5) is 27.1. The number of nitrogens with zero attached hydrogens (tertiary/aromatic N) is 1. The van der Waals surface area contributed by atoms with Gasteiger partial charge in [0.05, 0.1) is 19.1 Å². The third-order valence-electron chi connectivity index (χ3n) is 7.35. The first-order chi connectivity index (χ1) is 15.1. The molecule has 1 aromatic rings. The molecule has 1 saturated carbocycles. The van der Waals surface area contributed by atoms with Gasteiger partial charge < -0.3 is 24.8 Å². The summed E-state index contributed by atoms with van der Waals surface area (Å²) in [6.45, 7) is 1.52. The van der Waals surface area contributed by atoms with Crippen LogP contribution in [0.4, 0.5) is 5.69 Å². The average molecular weight is 429 g/mol. The number of hydrogen-bond donors (Lipinski definition) is 2. The van der Waals surface area contributed by atoms with Crippen LogP contribution >= 0.6 is 0 Å². The quantitative estimate of drug-likeness (QED) is 0.753. The molecule has 2 N–H and O–H groups in total. The van der Waals surface area contributed by atoms with Gasteiger partial charge in [-0.1, -0.05) is 6.42 Å². The molecule has 3 heterocycles. The maximum atomic E-state index is 12.8. The van der Waals surface area contributed by atoms with Crippen LogP contribution in [-0.2, 0) is 14.3 Å². The highest BCUT2D eigenvalue weighted by Gasteiger charge is 2.46. The Morgan fingerprint density at radius 2 is 1.94 bits per heavy atom. The number of rotatable bonds is 5. The van der Waals surface area contributed by atoms with Crippen LogP contribution < -0.4 is 10.1 Å². The van der Waals surface area contributed by atoms with E-state index in [1.165, 1.54) is 6.42 Å². The van der Waals surface area contributed by atoms with E-state index in [-0.39, 0.29) is 42.5 Å². The molecule has 7 nitrogen and oxygen atoms in total. The predicted molar refractivity (Wildman–Crippen MR) is 115 cm³/mol. The number of carbonyl (C=O) groups excluding carboxylic acids is 2. The Bertz CT molecular complexity index is 833. The minimum absolute atomic E-state index is 0.0422. The van der Waals surface area contributed by atoms with Crippen molar-refractivity contribution < 1.29 is 24.2 Å². The van der Waals surface area contributed by atoms with Crippen molar-refractivity contribution in [1.82, 2.24) is 4.90 Å². The number of benzene rings is 1. The second kappa shape index (κ2) is 8.79. The first kappa shape index (κ1) is 20.8. The van der Waals surface area contributed by atoms with Gasteiger partial charge in [0.15, 0.2) is 0 Å². The first-order valence-corrected chi connectivity index (χ1v) is 11.8. The fourth-order valence-corrected chi connectivity index (χ4v) is 5.35. The summed E-state index contributed by atoms with van der Waals surface area (Å²) in [7, 11) is 0. The lowest BCUT2D eigenvalue weighted by Gasteiger charge is -2.38. The first-order valence-electron chi connectivity index (χ1n) is 11.8. The number of ether oxygens (including phenoxy) is 2. The Morgan fingerprint density at radius 1 is 1.13 bits per heavy atom. The van der Waals surface area contributed by atoms with Gasteiger partial charge in [0.1, 0.15) is 18.0 Å². The van der Waals surface area contributed by atoms with Crippen LogP contribution in [0.1, 0.15) is 62.8 Å². The molecular formula is C24H32N2O5. The summed E-state index contributed by atoms with van der Waals surface area (Å²) in [5.74, 6) is 1.18. The number of fused-ring (bicyclic) bond motifs is 3. The lowest BCUT2D eigenvalue weighted by molar-refractivity contribution is -0.149. The van der Waals surface area contributed by atoms with E-state index in [2.05, 4.69) is 5.32 Å². The van der Waals surface area contributed by atoms with E-state index in [9.17, 15) is 14.7 Å². The van der Waals surface area contributed by atoms with Crippen molar-refractivity contribution in [3.05, 3.63) is 23.8 Å². The summed E-state index contributed by atoms with van der Waals surface area (Å²) in [6.07, 6.45) is 6.43. The zero-order valence-electron chi connectivity index (χ0n) is 17.9. The van der Waals surface area contributed by atoms with Crippen LogP contribution in [0.25, 0.3) is 0 Å². The van der Waals surface area contributed by atoms with Gasteiger partial charge in [-0.25, -0.2) is 0 Å². The van der Waals surface area contributed by atoms with Gasteiger partial charge in [0, 0.05) is 36.2 Å². The zero-order valence-corrected chi connectivity index (χ0v) is 17.9. The van der Waals surface area contributed by atoms with Crippen molar-refractivity contribution in [3.8, 4) is 5.75 Å². The van der Waals surface area contributed by atoms with Crippen LogP contribution in [0.15, 0.2) is 18.2 Å². The maximum absolute atomic E-state index is 12.8. The van der Waals surface area contributed by atoms with Crippen molar-refractivity contribution in [3.63, 3.8) is 0 Å². The predicted octanol–water partition coefficient (Wildman–Crippen LogP) is 2.82. The van der Waals surface area contributed by atoms with Gasteiger partial charge in [-0.15, -0.1) is 0 Å². The largest absolute Gasteiger partial charge is 0.487 e. The molecule has 2 amide bonds. The van der Waals surface area contributed by atoms with Gasteiger partial charge in [0.2, 0.25) is 11.8 Å². The molecule has 0 bridgehead atoms. The molecule has 3 fully saturated rings. The highest BCUT2D eigenvalue weighted by atomic mass is 16.6. The van der Waals surface area contributed by atoms with Crippen LogP contribution in [0, 0.1) is 5.92 Å². The standard InChI is InChI=1S/C24H32N2O5/c27-14-21-23-19(12-17(30-21)13-22(28)26-9-2-1-3-10-26)18-11-16(7-8-20(18)31-23)25-24(29)15-5-4-6-15/h7-8,11,15,17,19,21,23,27H,1-6,9-10,12-14H2,(H,25,29)/t17-,19+,21+,23-/m1/s1. The SMILES string of the molecule is O=C(Nc1ccc2c(c1)[C@@H]1C[C@H](CC(=O)N3CCCCC3)O[C@@H](CO)[C@@H]1O2)C1CCC1. The number of piperidine rings is 1. The van der Waals surface area contributed by atoms with Crippen molar-refractivity contribution in [2.24, 2.45) is 5.92 Å². The number of nitrogens with one attached hydrogen (secondary N) is 1. The summed E-state index contributed by atoms with van der Waals surface area (Å²) in [5, 5.41) is 13.0. The van der Waals surface area contributed by atoms with E-state index in [4.69, 9.17) is 9.47 Å². The van der Waals surface area contributed by atoms with Crippen molar-refractivity contribution in [2.45, 2.75) is 75.6 Å². The molecule has 0 unspecified atom stereocenters. The molecule has 4 aliphatic rings. The lowest BCUT2D eigenvalue weighted by atomic mass is 9.83. The van der Waals surface area contributed by atoms with E-state index in [0.717, 1.165) is 62.2 Å². The van der Waals surface area contributed by atoms with Crippen molar-refractivity contribution in [2.75, 3.05) is 25.0 Å². The number of anilines is 1. The van der Waals surface area contributed by atoms with Crippen LogP contribution in [0.2, 0.25) is 0 Å². The molecule has 1 aliphatic carbocycles. The molecule has 7 heteroatoms. The monoisotopic (exact) mass is 428 g/mol. The van der Waals surface area contributed by atoms with E-state index in [0.29, 0.717) is 12.8 Å². The third kappa shape index (κ3) is 4.17. The van der Waals surface area contributed by atoms with E-state index in [1.807, 2.05) is 23.1 Å². The van der Waals surface area contributed by atoms with Gasteiger partial charge in [-0.3, -0.25) is 9.59 Å². The molecule has 168 valence electrons. The topological polar surface area (TPSA) is 88.1 Å². The number of likely N-dealkylation sites (tertiary alicyclic amines) is 1. The second-order valence-corrected chi connectivity index (χ2v) is 9.42. The molecule has 5 rings (SSSR count). The molecular weight excluding hydrogens is 396 g/mol. The second-order valence-electron chi connectivity index (χ2n) is 9.42. The Balaban J connectivity index is 1.29. The highest BCUT2D eigenvalue weighted by molar-refractivity contribution is 5.93. The number of hydrogen-bond acceptors (Lipinski definition) is 5. The van der Waals surface area contributed by atoms with Gasteiger partial charge in [0.25, 0.3) is 0 Å². The maximum Gasteiger partial charge on any atom is 0.227 e. The fraction of sp³-hybridized carbons (Fsp3) is 0.667. The summed E-state index contributed by atoms with van der Waals surface area (Å²) in [5.41, 5.74) is 1.82. The van der Waals surface area contributed by atoms with Gasteiger partial charge in [-0.05, 0) is 56.7 Å². The fourth-order valence-electron chi connectivity index (χ4n) is 5.35. The Hall–Kier alpha value is -2.12. The number of aliphatic hydroxyl groups excluding tert-OH is 1. The van der Waals surface area contributed by atoms with Crippen molar-refractivity contribution >= 4 is 17.5 Å². The van der Waals surface area contributed by atoms with Crippen LogP contribution in [0.5, 0.6) is 5.75 Å². The summed E-state index contributed by atoms with van der Waals surface area (Å²) >= 11 is 0. The lowest BCUT2D eigenvalue weighted by Crippen LogP contribution is -2.48. The minimum Gasteiger partial charge on any atom is -0.487 e. The number of aliphatic hydroxyl groups is 1. The molecule has 0 aromatic heterocycles. The van der Waals surface area contributed by atoms with Crippen molar-refractivity contribution in [1.29, 1.82) is 0 Å². The average Bonchev–Trinajstić information content (AvgIpc) is 3.10.